The second-order valence-corrected chi connectivity index (χ2v) is 10.8. The van der Waals surface area contributed by atoms with Crippen molar-refractivity contribution in [2.45, 2.75) is 31.3 Å². The summed E-state index contributed by atoms with van der Waals surface area (Å²) in [6, 6.07) is 5.37. The van der Waals surface area contributed by atoms with Crippen LogP contribution in [0.1, 0.15) is 36.2 Å². The molecular formula is C21H26ClN3O3S2. The highest BCUT2D eigenvalue weighted by atomic mass is 35.5. The number of carbonyl (C=O) groups excluding carboxylic acids is 2. The third kappa shape index (κ3) is 4.73. The van der Waals surface area contributed by atoms with Gasteiger partial charge in [0.05, 0.1) is 26.7 Å². The summed E-state index contributed by atoms with van der Waals surface area (Å²) in [7, 11) is 3.78. The van der Waals surface area contributed by atoms with Crippen LogP contribution in [-0.4, -0.2) is 74.1 Å². The lowest BCUT2D eigenvalue weighted by atomic mass is 10.1. The zero-order valence-electron chi connectivity index (χ0n) is 17.2. The molecule has 30 heavy (non-hydrogen) atoms. The Morgan fingerprint density at radius 3 is 2.77 bits per heavy atom. The summed E-state index contributed by atoms with van der Waals surface area (Å²) in [5.41, 5.74) is 1.30. The van der Waals surface area contributed by atoms with Crippen LogP contribution in [0.25, 0.3) is 0 Å². The number of ether oxygens (including phenoxy) is 1. The summed E-state index contributed by atoms with van der Waals surface area (Å²) in [5, 5.41) is 3.06. The maximum absolute atomic E-state index is 13.3. The van der Waals surface area contributed by atoms with Crippen molar-refractivity contribution in [2.24, 2.45) is 0 Å². The van der Waals surface area contributed by atoms with E-state index in [1.54, 1.807) is 30.6 Å². The highest BCUT2D eigenvalue weighted by Crippen LogP contribution is 2.30. The van der Waals surface area contributed by atoms with E-state index >= 15 is 0 Å². The highest BCUT2D eigenvalue weighted by Gasteiger charge is 2.37. The molecule has 2 aliphatic heterocycles. The fourth-order valence-electron chi connectivity index (χ4n) is 4.17. The molecule has 9 heteroatoms. The Labute approximate surface area is 189 Å². The molecule has 0 unspecified atom stereocenters. The molecule has 0 aliphatic carbocycles. The Balaban J connectivity index is 1.46. The molecule has 2 aliphatic rings. The summed E-state index contributed by atoms with van der Waals surface area (Å²) in [5.74, 6) is -0.103. The number of likely N-dealkylation sites (N-methyl/N-ethyl adjacent to an activating group) is 1. The fourth-order valence-corrected chi connectivity index (χ4v) is 6.27. The molecule has 0 radical (unpaired) electrons. The Morgan fingerprint density at radius 2 is 2.03 bits per heavy atom. The van der Waals surface area contributed by atoms with Crippen molar-refractivity contribution in [3.8, 4) is 0 Å². The topological polar surface area (TPSA) is 61.9 Å². The zero-order chi connectivity index (χ0) is 21.3. The van der Waals surface area contributed by atoms with Gasteiger partial charge < -0.3 is 19.9 Å². The third-order valence-corrected chi connectivity index (χ3v) is 8.21. The Bertz CT molecular complexity index is 903. The van der Waals surface area contributed by atoms with Gasteiger partial charge in [-0.2, -0.15) is 0 Å². The van der Waals surface area contributed by atoms with Crippen molar-refractivity contribution in [2.75, 3.05) is 40.4 Å². The van der Waals surface area contributed by atoms with Crippen molar-refractivity contribution < 1.29 is 14.3 Å². The van der Waals surface area contributed by atoms with Crippen LogP contribution in [0.5, 0.6) is 0 Å². The second-order valence-electron chi connectivity index (χ2n) is 7.94. The maximum Gasteiger partial charge on any atom is 0.264 e. The largest absolute Gasteiger partial charge is 0.383 e. The van der Waals surface area contributed by atoms with E-state index in [9.17, 15) is 9.59 Å². The Kier molecular flexibility index (Phi) is 6.79. The van der Waals surface area contributed by atoms with Crippen LogP contribution in [-0.2, 0) is 17.6 Å². The number of nitrogens with one attached hydrogen (secondary N) is 1. The first-order valence-electron chi connectivity index (χ1n) is 10.1. The molecule has 2 aromatic heterocycles. The van der Waals surface area contributed by atoms with Crippen LogP contribution in [0.3, 0.4) is 0 Å². The van der Waals surface area contributed by atoms with Gasteiger partial charge in [0.1, 0.15) is 0 Å². The van der Waals surface area contributed by atoms with Gasteiger partial charge in [0.25, 0.3) is 11.8 Å². The lowest BCUT2D eigenvalue weighted by molar-refractivity contribution is 0.0633. The number of nitrogens with zero attached hydrogens (tertiary/aromatic N) is 2. The predicted molar refractivity (Wildman–Crippen MR) is 121 cm³/mol. The molecule has 2 aromatic rings. The van der Waals surface area contributed by atoms with Gasteiger partial charge in [0.15, 0.2) is 0 Å². The van der Waals surface area contributed by atoms with E-state index < -0.39 is 0 Å². The molecular weight excluding hydrogens is 442 g/mol. The molecule has 1 N–H and O–H groups in total. The van der Waals surface area contributed by atoms with Crippen LogP contribution in [0.2, 0.25) is 4.34 Å². The third-order valence-electron chi connectivity index (χ3n) is 5.76. The number of amides is 2. The van der Waals surface area contributed by atoms with Crippen LogP contribution in [0.4, 0.5) is 0 Å². The minimum absolute atomic E-state index is 0.0411. The minimum atomic E-state index is -0.144. The van der Waals surface area contributed by atoms with E-state index in [-0.39, 0.29) is 23.9 Å². The first-order chi connectivity index (χ1) is 14.4. The van der Waals surface area contributed by atoms with Crippen molar-refractivity contribution >= 4 is 46.1 Å². The summed E-state index contributed by atoms with van der Waals surface area (Å²) >= 11 is 8.83. The van der Waals surface area contributed by atoms with Gasteiger partial charge >= 0.3 is 0 Å². The lowest BCUT2D eigenvalue weighted by Crippen LogP contribution is -2.40. The highest BCUT2D eigenvalue weighted by molar-refractivity contribution is 7.18. The smallest absolute Gasteiger partial charge is 0.264 e. The Hall–Kier alpha value is -1.45. The van der Waals surface area contributed by atoms with E-state index in [4.69, 9.17) is 16.3 Å². The molecule has 0 saturated carbocycles. The molecule has 4 rings (SSSR count). The number of likely N-dealkylation sites (tertiary alicyclic amines) is 1. The lowest BCUT2D eigenvalue weighted by Gasteiger charge is -2.23. The van der Waals surface area contributed by atoms with Crippen LogP contribution in [0, 0.1) is 0 Å². The minimum Gasteiger partial charge on any atom is -0.383 e. The van der Waals surface area contributed by atoms with Gasteiger partial charge in [-0.15, -0.1) is 22.7 Å². The number of thiophene rings is 2. The normalized spacial score (nSPS) is 22.0. The van der Waals surface area contributed by atoms with Crippen molar-refractivity contribution in [3.63, 3.8) is 0 Å². The quantitative estimate of drug-likeness (QED) is 0.733. The van der Waals surface area contributed by atoms with Crippen molar-refractivity contribution in [3.05, 3.63) is 42.7 Å². The number of hydrogen-bond donors (Lipinski definition) is 1. The second kappa shape index (κ2) is 9.36. The average molecular weight is 468 g/mol. The molecule has 0 spiro atoms. The standard InChI is InChI=1S/C21H26ClN3O3S2/c1-24-7-5-13-9-18(29-16(13)6-8-24)21(27)25-11-14(10-15(25)12-28-2)23-20(26)17-3-4-19(22)30-17/h3-4,9,14-15H,5-8,10-12H2,1-2H3,(H,23,26)/t14-,15+/m1/s1. The first kappa shape index (κ1) is 21.8. The first-order valence-corrected chi connectivity index (χ1v) is 12.1. The SMILES string of the molecule is COC[C@@H]1C[C@@H](NC(=O)c2ccc(Cl)s2)CN1C(=O)c1cc2c(s1)CCN(C)CC2. The van der Waals surface area contributed by atoms with Gasteiger partial charge in [-0.25, -0.2) is 0 Å². The number of rotatable bonds is 5. The molecule has 2 amide bonds. The van der Waals surface area contributed by atoms with Gasteiger partial charge in [0, 0.05) is 37.7 Å². The van der Waals surface area contributed by atoms with Gasteiger partial charge in [-0.1, -0.05) is 11.6 Å². The maximum atomic E-state index is 13.3. The molecule has 4 heterocycles. The van der Waals surface area contributed by atoms with E-state index in [2.05, 4.69) is 23.3 Å². The molecule has 162 valence electrons. The van der Waals surface area contributed by atoms with Crippen LogP contribution < -0.4 is 5.32 Å². The number of methoxy groups -OCH3 is 1. The molecule has 1 fully saturated rings. The van der Waals surface area contributed by atoms with Gasteiger partial charge in [-0.3, -0.25) is 9.59 Å². The number of carbonyl (C=O) groups is 2. The van der Waals surface area contributed by atoms with Gasteiger partial charge in [0.2, 0.25) is 0 Å². The van der Waals surface area contributed by atoms with E-state index in [0.717, 1.165) is 30.8 Å². The van der Waals surface area contributed by atoms with Crippen LogP contribution in [0.15, 0.2) is 18.2 Å². The number of halogens is 1. The Morgan fingerprint density at radius 1 is 1.23 bits per heavy atom. The average Bonchev–Trinajstić information content (AvgIpc) is 3.41. The van der Waals surface area contributed by atoms with E-state index in [1.165, 1.54) is 21.8 Å². The predicted octanol–water partition coefficient (Wildman–Crippen LogP) is 3.15. The van der Waals surface area contributed by atoms with Crippen LogP contribution >= 0.6 is 34.3 Å². The molecule has 1 saturated heterocycles. The molecule has 2 atom stereocenters. The summed E-state index contributed by atoms with van der Waals surface area (Å²) < 4.78 is 5.96. The van der Waals surface area contributed by atoms with Gasteiger partial charge in [-0.05, 0) is 50.1 Å². The van der Waals surface area contributed by atoms with E-state index in [1.807, 2.05) is 4.90 Å². The fraction of sp³-hybridized carbons (Fsp3) is 0.524. The number of hydrogen-bond acceptors (Lipinski definition) is 6. The zero-order valence-corrected chi connectivity index (χ0v) is 19.5. The number of fused-ring (bicyclic) bond motifs is 1. The summed E-state index contributed by atoms with van der Waals surface area (Å²) in [6.07, 6.45) is 2.66. The molecule has 0 aromatic carbocycles. The molecule has 6 nitrogen and oxygen atoms in total. The summed E-state index contributed by atoms with van der Waals surface area (Å²) in [6.45, 7) is 2.99. The van der Waals surface area contributed by atoms with Crippen molar-refractivity contribution in [1.29, 1.82) is 0 Å². The van der Waals surface area contributed by atoms with Crippen molar-refractivity contribution in [1.82, 2.24) is 15.1 Å². The summed E-state index contributed by atoms with van der Waals surface area (Å²) in [4.78, 5) is 32.8. The monoisotopic (exact) mass is 467 g/mol. The molecule has 0 bridgehead atoms. The van der Waals surface area contributed by atoms with E-state index in [0.29, 0.717) is 28.8 Å².